The van der Waals surface area contributed by atoms with E-state index in [0.29, 0.717) is 45.6 Å². The van der Waals surface area contributed by atoms with Crippen molar-refractivity contribution in [1.82, 2.24) is 14.9 Å². The van der Waals surface area contributed by atoms with E-state index in [4.69, 9.17) is 9.84 Å². The third-order valence-corrected chi connectivity index (χ3v) is 5.19. The lowest BCUT2D eigenvalue weighted by Crippen LogP contribution is -2.42. The summed E-state index contributed by atoms with van der Waals surface area (Å²) in [6, 6.07) is 2.16. The predicted octanol–water partition coefficient (Wildman–Crippen LogP) is 1.81. The van der Waals surface area contributed by atoms with Gasteiger partial charge >= 0.3 is 12.1 Å². The Morgan fingerprint density at radius 3 is 2.52 bits per heavy atom. The first-order chi connectivity index (χ1) is 13.1. The van der Waals surface area contributed by atoms with Crippen molar-refractivity contribution in [3.63, 3.8) is 0 Å². The molecule has 0 aromatic carbocycles. The molecule has 0 spiro atoms. The van der Waals surface area contributed by atoms with Gasteiger partial charge in [0.2, 0.25) is 0 Å². The molecule has 2 N–H and O–H groups in total. The molecule has 9 heteroatoms. The Morgan fingerprint density at radius 1 is 1.19 bits per heavy atom. The number of rotatable bonds is 5. The second kappa shape index (κ2) is 8.88. The molecule has 0 unspecified atom stereocenters. The summed E-state index contributed by atoms with van der Waals surface area (Å²) in [6.45, 7) is 4.90. The number of carboxylic acids is 1. The summed E-state index contributed by atoms with van der Waals surface area (Å²) in [6.07, 6.45) is 4.23. The van der Waals surface area contributed by atoms with Crippen LogP contribution >= 0.6 is 0 Å². The number of ether oxygens (including phenoxy) is 1. The number of carbonyl (C=O) groups excluding carboxylic acids is 1. The highest BCUT2D eigenvalue weighted by atomic mass is 16.6. The van der Waals surface area contributed by atoms with Gasteiger partial charge in [-0.25, -0.2) is 14.8 Å². The van der Waals surface area contributed by atoms with Gasteiger partial charge in [0.05, 0.1) is 12.5 Å². The lowest BCUT2D eigenvalue weighted by atomic mass is 9.97. The van der Waals surface area contributed by atoms with Gasteiger partial charge in [-0.3, -0.25) is 4.79 Å². The Hall–Kier alpha value is -2.58. The van der Waals surface area contributed by atoms with Crippen molar-refractivity contribution in [3.05, 3.63) is 12.4 Å². The van der Waals surface area contributed by atoms with Crippen LogP contribution in [0.3, 0.4) is 0 Å². The van der Waals surface area contributed by atoms with Crippen LogP contribution in [0.2, 0.25) is 0 Å². The zero-order valence-electron chi connectivity index (χ0n) is 15.6. The molecular formula is C18H27N5O4. The molecule has 2 fully saturated rings. The van der Waals surface area contributed by atoms with E-state index in [1.54, 1.807) is 4.90 Å². The van der Waals surface area contributed by atoms with Crippen molar-refractivity contribution in [3.8, 4) is 0 Å². The summed E-state index contributed by atoms with van der Waals surface area (Å²) >= 11 is 0. The van der Waals surface area contributed by atoms with Gasteiger partial charge in [0, 0.05) is 38.3 Å². The summed E-state index contributed by atoms with van der Waals surface area (Å²) in [5.41, 5.74) is 0. The molecule has 1 aromatic rings. The second-order valence-electron chi connectivity index (χ2n) is 6.97. The van der Waals surface area contributed by atoms with Crippen molar-refractivity contribution in [2.75, 3.05) is 43.0 Å². The van der Waals surface area contributed by atoms with E-state index in [0.717, 1.165) is 24.5 Å². The third-order valence-electron chi connectivity index (χ3n) is 5.19. The van der Waals surface area contributed by atoms with Crippen molar-refractivity contribution in [1.29, 1.82) is 0 Å². The van der Waals surface area contributed by atoms with E-state index in [-0.39, 0.29) is 18.1 Å². The molecule has 1 aromatic heterocycles. The molecule has 0 saturated carbocycles. The van der Waals surface area contributed by atoms with Crippen LogP contribution in [-0.2, 0) is 9.53 Å². The topological polar surface area (TPSA) is 108 Å². The first-order valence-electron chi connectivity index (χ1n) is 9.55. The Bertz CT molecular complexity index is 655. The fourth-order valence-corrected chi connectivity index (χ4v) is 3.58. The quantitative estimate of drug-likeness (QED) is 0.800. The highest BCUT2D eigenvalue weighted by Gasteiger charge is 2.26. The number of carboxylic acid groups (broad SMARTS) is 1. The molecule has 0 aliphatic carbocycles. The van der Waals surface area contributed by atoms with Crippen LogP contribution in [0.25, 0.3) is 0 Å². The van der Waals surface area contributed by atoms with Crippen LogP contribution in [0.1, 0.15) is 32.6 Å². The average molecular weight is 377 g/mol. The van der Waals surface area contributed by atoms with Gasteiger partial charge in [-0.15, -0.1) is 0 Å². The van der Waals surface area contributed by atoms with Crippen LogP contribution in [0.5, 0.6) is 0 Å². The Balaban J connectivity index is 1.51. The second-order valence-corrected chi connectivity index (χ2v) is 6.97. The maximum atomic E-state index is 11.8. The molecule has 9 nitrogen and oxygen atoms in total. The maximum Gasteiger partial charge on any atom is 0.409 e. The van der Waals surface area contributed by atoms with E-state index < -0.39 is 5.97 Å². The monoisotopic (exact) mass is 377 g/mol. The Kier molecular flexibility index (Phi) is 6.31. The van der Waals surface area contributed by atoms with E-state index in [2.05, 4.69) is 20.2 Å². The van der Waals surface area contributed by atoms with E-state index in [9.17, 15) is 9.59 Å². The van der Waals surface area contributed by atoms with Crippen LogP contribution < -0.4 is 10.2 Å². The van der Waals surface area contributed by atoms with E-state index >= 15 is 0 Å². The summed E-state index contributed by atoms with van der Waals surface area (Å²) in [4.78, 5) is 35.3. The summed E-state index contributed by atoms with van der Waals surface area (Å²) in [5.74, 6) is 0.606. The average Bonchev–Trinajstić information content (AvgIpc) is 2.69. The molecule has 1 amide bonds. The smallest absolute Gasteiger partial charge is 0.409 e. The molecule has 3 rings (SSSR count). The van der Waals surface area contributed by atoms with Gasteiger partial charge in [0.15, 0.2) is 0 Å². The SMILES string of the molecule is CCOC(=O)N1CCC(Nc2cc(N3CCC(C(=O)O)CC3)ncn2)CC1. The van der Waals surface area contributed by atoms with Gasteiger partial charge in [-0.1, -0.05) is 0 Å². The molecule has 2 aliphatic rings. The molecule has 0 bridgehead atoms. The number of piperidine rings is 2. The van der Waals surface area contributed by atoms with Gasteiger partial charge in [0.1, 0.15) is 18.0 Å². The van der Waals surface area contributed by atoms with Crippen LogP contribution in [0, 0.1) is 5.92 Å². The molecule has 2 aliphatic heterocycles. The molecule has 0 atom stereocenters. The first-order valence-corrected chi connectivity index (χ1v) is 9.55. The number of hydrogen-bond acceptors (Lipinski definition) is 7. The summed E-state index contributed by atoms with van der Waals surface area (Å²) in [5, 5.41) is 12.5. The minimum atomic E-state index is -0.714. The van der Waals surface area contributed by atoms with Crippen LogP contribution in [0.4, 0.5) is 16.4 Å². The maximum absolute atomic E-state index is 11.8. The van der Waals surface area contributed by atoms with Crippen LogP contribution in [-0.4, -0.2) is 70.9 Å². The molecule has 27 heavy (non-hydrogen) atoms. The first kappa shape index (κ1) is 19.2. The molecule has 0 radical (unpaired) electrons. The number of carbonyl (C=O) groups is 2. The largest absolute Gasteiger partial charge is 0.481 e. The molecule has 3 heterocycles. The zero-order valence-corrected chi connectivity index (χ0v) is 15.6. The highest BCUT2D eigenvalue weighted by molar-refractivity contribution is 5.70. The van der Waals surface area contributed by atoms with E-state index in [1.807, 2.05) is 13.0 Å². The zero-order chi connectivity index (χ0) is 19.2. The van der Waals surface area contributed by atoms with Crippen LogP contribution in [0.15, 0.2) is 12.4 Å². The number of likely N-dealkylation sites (tertiary alicyclic amines) is 1. The third kappa shape index (κ3) is 4.99. The summed E-state index contributed by atoms with van der Waals surface area (Å²) < 4.78 is 5.04. The number of anilines is 2. The Labute approximate surface area is 158 Å². The summed E-state index contributed by atoms with van der Waals surface area (Å²) in [7, 11) is 0. The number of aromatic nitrogens is 2. The van der Waals surface area contributed by atoms with Crippen molar-refractivity contribution in [2.24, 2.45) is 5.92 Å². The lowest BCUT2D eigenvalue weighted by molar-refractivity contribution is -0.142. The van der Waals surface area contributed by atoms with Gasteiger partial charge in [-0.2, -0.15) is 0 Å². The number of hydrogen-bond donors (Lipinski definition) is 2. The normalized spacial score (nSPS) is 19.0. The molecule has 148 valence electrons. The van der Waals surface area contributed by atoms with Gasteiger partial charge < -0.3 is 25.0 Å². The Morgan fingerprint density at radius 2 is 1.89 bits per heavy atom. The lowest BCUT2D eigenvalue weighted by Gasteiger charge is -2.32. The fraction of sp³-hybridized carbons (Fsp3) is 0.667. The minimum absolute atomic E-state index is 0.245. The minimum Gasteiger partial charge on any atom is -0.481 e. The predicted molar refractivity (Wildman–Crippen MR) is 99.8 cm³/mol. The van der Waals surface area contributed by atoms with Crippen molar-refractivity contribution < 1.29 is 19.4 Å². The van der Waals surface area contributed by atoms with Crippen molar-refractivity contribution in [2.45, 2.75) is 38.6 Å². The fourth-order valence-electron chi connectivity index (χ4n) is 3.58. The number of nitrogens with one attached hydrogen (secondary N) is 1. The standard InChI is InChI=1S/C18H27N5O4/c1-2-27-18(26)23-9-5-14(6-10-23)21-15-11-16(20-12-19-15)22-7-3-13(4-8-22)17(24)25/h11-14H,2-10H2,1H3,(H,24,25)(H,19,20,21). The number of nitrogens with zero attached hydrogens (tertiary/aromatic N) is 4. The number of aliphatic carboxylic acids is 1. The van der Waals surface area contributed by atoms with E-state index in [1.165, 1.54) is 6.33 Å². The molecule has 2 saturated heterocycles. The van der Waals surface area contributed by atoms with Gasteiger partial charge in [-0.05, 0) is 32.6 Å². The highest BCUT2D eigenvalue weighted by Crippen LogP contribution is 2.24. The molecular weight excluding hydrogens is 350 g/mol. The van der Waals surface area contributed by atoms with Crippen molar-refractivity contribution >= 4 is 23.7 Å². The van der Waals surface area contributed by atoms with Gasteiger partial charge in [0.25, 0.3) is 0 Å². The number of amides is 1.